The first-order chi connectivity index (χ1) is 23.0. The van der Waals surface area contributed by atoms with Gasteiger partial charge in [0, 0.05) is 49.1 Å². The van der Waals surface area contributed by atoms with E-state index in [-0.39, 0.29) is 23.9 Å². The number of aliphatic imine (C=N–C) groups is 1. The zero-order valence-corrected chi connectivity index (χ0v) is 26.2. The predicted molar refractivity (Wildman–Crippen MR) is 180 cm³/mol. The number of amides is 2. The lowest BCUT2D eigenvalue weighted by Gasteiger charge is -2.22. The van der Waals surface area contributed by atoms with Gasteiger partial charge in [0.15, 0.2) is 23.0 Å². The maximum absolute atomic E-state index is 13.7. The molecule has 0 aliphatic carbocycles. The number of hydrogen-bond donors (Lipinski definition) is 1. The van der Waals surface area contributed by atoms with Crippen LogP contribution in [0.1, 0.15) is 38.3 Å². The van der Waals surface area contributed by atoms with E-state index in [1.807, 2.05) is 58.5 Å². The average molecular weight is 631 g/mol. The van der Waals surface area contributed by atoms with Gasteiger partial charge in [0.1, 0.15) is 0 Å². The lowest BCUT2D eigenvalue weighted by Crippen LogP contribution is -2.39. The van der Waals surface area contributed by atoms with Gasteiger partial charge < -0.3 is 29.2 Å². The van der Waals surface area contributed by atoms with Gasteiger partial charge in [0.25, 0.3) is 11.8 Å². The quantitative estimate of drug-likeness (QED) is 0.244. The fraction of sp³-hybridized carbons (Fsp3) is 0.270. The third-order valence-corrected chi connectivity index (χ3v) is 9.29. The number of carbonyl (C=O) groups excluding carboxylic acids is 2. The Balaban J connectivity index is 0.939. The van der Waals surface area contributed by atoms with Crippen LogP contribution in [0, 0.1) is 0 Å². The number of carbonyl (C=O) groups is 2. The Hall–Kier alpha value is -5.51. The highest BCUT2D eigenvalue weighted by atomic mass is 16.5. The zero-order chi connectivity index (χ0) is 32.1. The number of anilines is 3. The number of hydrogen-bond acceptors (Lipinski definition) is 8. The Kier molecular flexibility index (Phi) is 7.20. The zero-order valence-electron chi connectivity index (χ0n) is 26.2. The Morgan fingerprint density at radius 3 is 2.09 bits per heavy atom. The first-order valence-electron chi connectivity index (χ1n) is 15.8. The molecule has 0 bridgehead atoms. The SMILES string of the molecule is COc1cc2c(cc1OCCCOc1cc3c(cc1OC)C(=O)N1c4ccccc4C[C@H]1CN3)N=C[C@@H]1Cc3ccccc3N1C2=O. The number of ether oxygens (including phenoxy) is 4. The topological polar surface area (TPSA) is 102 Å². The summed E-state index contributed by atoms with van der Waals surface area (Å²) in [5.41, 5.74) is 6.50. The van der Waals surface area contributed by atoms with E-state index >= 15 is 0 Å². The molecule has 0 saturated carbocycles. The van der Waals surface area contributed by atoms with Crippen molar-refractivity contribution in [3.8, 4) is 23.0 Å². The van der Waals surface area contributed by atoms with Gasteiger partial charge in [0.2, 0.25) is 0 Å². The van der Waals surface area contributed by atoms with Gasteiger partial charge in [-0.3, -0.25) is 19.5 Å². The first kappa shape index (κ1) is 28.9. The molecule has 0 unspecified atom stereocenters. The van der Waals surface area contributed by atoms with Gasteiger partial charge in [-0.05, 0) is 41.8 Å². The largest absolute Gasteiger partial charge is 0.493 e. The summed E-state index contributed by atoms with van der Waals surface area (Å²) in [6, 6.07) is 23.0. The molecular weight excluding hydrogens is 596 g/mol. The molecule has 4 aliphatic rings. The molecule has 4 aromatic rings. The minimum Gasteiger partial charge on any atom is -0.493 e. The lowest BCUT2D eigenvalue weighted by molar-refractivity contribution is 0.0977. The van der Waals surface area contributed by atoms with Crippen molar-refractivity contribution in [1.29, 1.82) is 0 Å². The van der Waals surface area contributed by atoms with Gasteiger partial charge in [-0.1, -0.05) is 36.4 Å². The van der Waals surface area contributed by atoms with Crippen molar-refractivity contribution in [3.05, 3.63) is 95.1 Å². The molecule has 10 nitrogen and oxygen atoms in total. The van der Waals surface area contributed by atoms with Crippen LogP contribution in [0.2, 0.25) is 0 Å². The Morgan fingerprint density at radius 1 is 0.745 bits per heavy atom. The van der Waals surface area contributed by atoms with E-state index in [2.05, 4.69) is 22.4 Å². The van der Waals surface area contributed by atoms with Gasteiger partial charge in [-0.25, -0.2) is 0 Å². The van der Waals surface area contributed by atoms with Gasteiger partial charge in [0.05, 0.1) is 62.0 Å². The third-order valence-electron chi connectivity index (χ3n) is 9.29. The minimum atomic E-state index is -0.132. The van der Waals surface area contributed by atoms with Crippen molar-refractivity contribution in [3.63, 3.8) is 0 Å². The third kappa shape index (κ3) is 4.91. The molecular formula is C37H34N4O6. The van der Waals surface area contributed by atoms with Crippen LogP contribution in [0.15, 0.2) is 77.8 Å². The first-order valence-corrected chi connectivity index (χ1v) is 15.8. The van der Waals surface area contributed by atoms with Crippen LogP contribution < -0.4 is 34.1 Å². The Bertz CT molecular complexity index is 1940. The maximum atomic E-state index is 13.7. The summed E-state index contributed by atoms with van der Waals surface area (Å²) in [7, 11) is 3.13. The summed E-state index contributed by atoms with van der Waals surface area (Å²) in [4.78, 5) is 35.8. The van der Waals surface area contributed by atoms with E-state index in [0.29, 0.717) is 66.0 Å². The van der Waals surface area contributed by atoms with Gasteiger partial charge in [-0.2, -0.15) is 0 Å². The fourth-order valence-electron chi connectivity index (χ4n) is 7.02. The normalized spacial score (nSPS) is 18.5. The molecule has 47 heavy (non-hydrogen) atoms. The molecule has 10 heteroatoms. The number of benzene rings is 4. The summed E-state index contributed by atoms with van der Waals surface area (Å²) < 4.78 is 23.5. The Labute approximate surface area is 272 Å². The predicted octanol–water partition coefficient (Wildman–Crippen LogP) is 5.84. The average Bonchev–Trinajstić information content (AvgIpc) is 3.59. The molecule has 238 valence electrons. The van der Waals surface area contributed by atoms with Crippen molar-refractivity contribution >= 4 is 40.8 Å². The summed E-state index contributed by atoms with van der Waals surface area (Å²) in [5.74, 6) is 1.85. The maximum Gasteiger partial charge on any atom is 0.261 e. The second-order valence-corrected chi connectivity index (χ2v) is 12.0. The standard InChI is InChI=1S/C37H34N4O6/c1-44-32-16-26-28(38-20-24-14-22-8-3-5-10-30(22)40(24)36(26)42)18-34(32)46-12-7-13-47-35-19-29-27(17-33(35)45-2)37(43)41-25(21-39-29)15-23-9-4-6-11-31(23)41/h3-6,8-11,16-20,24-25,39H,7,12-15,21H2,1-2H3/t24-,25-/m0/s1. The minimum absolute atomic E-state index is 0.0439. The van der Waals surface area contributed by atoms with Crippen LogP contribution in [0.3, 0.4) is 0 Å². The van der Waals surface area contributed by atoms with E-state index in [9.17, 15) is 9.59 Å². The fourth-order valence-corrected chi connectivity index (χ4v) is 7.02. The summed E-state index contributed by atoms with van der Waals surface area (Å²) >= 11 is 0. The molecule has 2 amide bonds. The molecule has 4 aromatic carbocycles. The van der Waals surface area contributed by atoms with Crippen molar-refractivity contribution in [1.82, 2.24) is 0 Å². The van der Waals surface area contributed by atoms with Crippen LogP contribution in [-0.2, 0) is 12.8 Å². The number of nitrogens with zero attached hydrogens (tertiary/aromatic N) is 3. The monoisotopic (exact) mass is 630 g/mol. The van der Waals surface area contributed by atoms with Gasteiger partial charge in [-0.15, -0.1) is 0 Å². The number of rotatable bonds is 8. The van der Waals surface area contributed by atoms with Crippen molar-refractivity contribution < 1.29 is 28.5 Å². The molecule has 0 spiro atoms. The molecule has 0 aromatic heterocycles. The number of para-hydroxylation sites is 2. The van der Waals surface area contributed by atoms with Gasteiger partial charge >= 0.3 is 0 Å². The van der Waals surface area contributed by atoms with E-state index in [4.69, 9.17) is 18.9 Å². The number of nitrogens with one attached hydrogen (secondary N) is 1. The van der Waals surface area contributed by atoms with Crippen LogP contribution in [-0.4, -0.2) is 64.1 Å². The number of fused-ring (bicyclic) bond motifs is 8. The smallest absolute Gasteiger partial charge is 0.261 e. The van der Waals surface area contributed by atoms with Crippen LogP contribution in [0.25, 0.3) is 0 Å². The van der Waals surface area contributed by atoms with Crippen LogP contribution in [0.5, 0.6) is 23.0 Å². The Morgan fingerprint density at radius 2 is 1.36 bits per heavy atom. The van der Waals surface area contributed by atoms with Crippen molar-refractivity contribution in [2.45, 2.75) is 31.3 Å². The van der Waals surface area contributed by atoms with E-state index < -0.39 is 0 Å². The molecule has 8 rings (SSSR count). The van der Waals surface area contributed by atoms with Crippen LogP contribution in [0.4, 0.5) is 22.7 Å². The summed E-state index contributed by atoms with van der Waals surface area (Å²) in [6.07, 6.45) is 3.95. The van der Waals surface area contributed by atoms with Crippen molar-refractivity contribution in [2.24, 2.45) is 4.99 Å². The van der Waals surface area contributed by atoms with Crippen molar-refractivity contribution in [2.75, 3.05) is 49.1 Å². The van der Waals surface area contributed by atoms with E-state index in [1.54, 1.807) is 32.4 Å². The second-order valence-electron chi connectivity index (χ2n) is 12.0. The van der Waals surface area contributed by atoms with Crippen LogP contribution >= 0.6 is 0 Å². The highest BCUT2D eigenvalue weighted by Gasteiger charge is 2.38. The van der Waals surface area contributed by atoms with E-state index in [0.717, 1.165) is 35.5 Å². The summed E-state index contributed by atoms with van der Waals surface area (Å²) in [6.45, 7) is 1.33. The van der Waals surface area contributed by atoms with E-state index in [1.165, 1.54) is 5.56 Å². The molecule has 1 N–H and O–H groups in total. The molecule has 0 saturated heterocycles. The second kappa shape index (κ2) is 11.7. The number of methoxy groups -OCH3 is 2. The highest BCUT2D eigenvalue weighted by Crippen LogP contribution is 2.42. The molecule has 0 fully saturated rings. The molecule has 0 radical (unpaired) electrons. The molecule has 2 atom stereocenters. The highest BCUT2D eigenvalue weighted by molar-refractivity contribution is 6.15. The molecule has 4 heterocycles. The molecule has 4 aliphatic heterocycles. The summed E-state index contributed by atoms with van der Waals surface area (Å²) in [5, 5.41) is 3.46. The lowest BCUT2D eigenvalue weighted by atomic mass is 10.1.